The summed E-state index contributed by atoms with van der Waals surface area (Å²) in [4.78, 5) is 12.0. The molecule has 42 heavy (non-hydrogen) atoms. The topological polar surface area (TPSA) is 90.4 Å². The first kappa shape index (κ1) is 29.1. The number of carbonyl (C=O) groups excluding carboxylic acids is 1. The predicted molar refractivity (Wildman–Crippen MR) is 174 cm³/mol. The van der Waals surface area contributed by atoms with Crippen molar-refractivity contribution >= 4 is 45.5 Å². The Bertz CT molecular complexity index is 1620. The molecule has 5 rings (SSSR count). The molecule has 0 unspecified atom stereocenters. The molecule has 4 aromatic carbocycles. The quantitative estimate of drug-likeness (QED) is 0.111. The Balaban J connectivity index is 1.44. The number of fused-ring (bicyclic) bond motifs is 2. The Morgan fingerprint density at radius 1 is 0.905 bits per heavy atom. The zero-order valence-corrected chi connectivity index (χ0v) is 24.6. The van der Waals surface area contributed by atoms with Crippen molar-refractivity contribution in [3.63, 3.8) is 0 Å². The van der Waals surface area contributed by atoms with E-state index in [9.17, 15) is 9.90 Å². The van der Waals surface area contributed by atoms with Crippen molar-refractivity contribution in [2.45, 2.75) is 44.9 Å². The Morgan fingerprint density at radius 2 is 1.69 bits per heavy atom. The van der Waals surface area contributed by atoms with Gasteiger partial charge < -0.3 is 21.5 Å². The maximum absolute atomic E-state index is 12.0. The lowest BCUT2D eigenvalue weighted by Gasteiger charge is -2.17. The number of nitrogens with zero attached hydrogens (tertiary/aromatic N) is 1. The minimum atomic E-state index is -0.261. The number of phenols is 1. The lowest BCUT2D eigenvalue weighted by atomic mass is 9.81. The van der Waals surface area contributed by atoms with Crippen molar-refractivity contribution in [1.29, 1.82) is 0 Å². The molecule has 6 nitrogen and oxygen atoms in total. The molecule has 0 spiro atoms. The van der Waals surface area contributed by atoms with Crippen molar-refractivity contribution in [3.8, 4) is 5.75 Å². The van der Waals surface area contributed by atoms with Crippen LogP contribution in [-0.4, -0.2) is 40.9 Å². The van der Waals surface area contributed by atoms with Crippen LogP contribution >= 0.6 is 0 Å². The fourth-order valence-corrected chi connectivity index (χ4v) is 5.84. The second-order valence-corrected chi connectivity index (χ2v) is 11.4. The first-order valence-corrected chi connectivity index (χ1v) is 14.9. The molecule has 0 aliphatic carbocycles. The molecule has 6 heteroatoms. The summed E-state index contributed by atoms with van der Waals surface area (Å²) in [5.41, 5.74) is 11.8. The first-order chi connectivity index (χ1) is 20.4. The van der Waals surface area contributed by atoms with Gasteiger partial charge in [0, 0.05) is 60.6 Å². The molecule has 0 fully saturated rings. The van der Waals surface area contributed by atoms with Crippen molar-refractivity contribution < 1.29 is 14.5 Å². The summed E-state index contributed by atoms with van der Waals surface area (Å²) in [5, 5.41) is 19.3. The van der Waals surface area contributed by atoms with Crippen LogP contribution in [0, 0.1) is 0 Å². The van der Waals surface area contributed by atoms with E-state index in [0.29, 0.717) is 19.5 Å². The number of carbonyl (C=O) groups is 1. The number of nitrogens with one attached hydrogen (secondary N) is 2. The molecule has 1 aliphatic heterocycles. The number of amides is 1. The number of benzene rings is 4. The van der Waals surface area contributed by atoms with Crippen LogP contribution in [0.25, 0.3) is 16.8 Å². The lowest BCUT2D eigenvalue weighted by molar-refractivity contribution is -0.438. The summed E-state index contributed by atoms with van der Waals surface area (Å²) < 4.78 is 2.41. The van der Waals surface area contributed by atoms with Crippen LogP contribution in [-0.2, 0) is 10.2 Å². The van der Waals surface area contributed by atoms with Crippen LogP contribution < -0.4 is 16.4 Å². The largest absolute Gasteiger partial charge is 0.507 e. The molecule has 5 N–H and O–H groups in total. The lowest BCUT2D eigenvalue weighted by Crippen LogP contribution is -2.28. The summed E-state index contributed by atoms with van der Waals surface area (Å²) in [7, 11) is 0. The average Bonchev–Trinajstić information content (AvgIpc) is 3.20. The van der Waals surface area contributed by atoms with E-state index in [4.69, 9.17) is 5.73 Å². The van der Waals surface area contributed by atoms with Gasteiger partial charge in [0.25, 0.3) is 0 Å². The van der Waals surface area contributed by atoms with Crippen LogP contribution in [0.5, 0.6) is 5.75 Å². The molecule has 216 valence electrons. The van der Waals surface area contributed by atoms with Crippen LogP contribution in [0.15, 0.2) is 91.0 Å². The highest BCUT2D eigenvalue weighted by molar-refractivity contribution is 6.07. The van der Waals surface area contributed by atoms with Crippen molar-refractivity contribution in [1.82, 2.24) is 5.32 Å². The number of aromatic hydroxyl groups is 1. The van der Waals surface area contributed by atoms with E-state index < -0.39 is 0 Å². The monoisotopic (exact) mass is 561 g/mol. The van der Waals surface area contributed by atoms with Gasteiger partial charge in [-0.1, -0.05) is 48.5 Å². The highest BCUT2D eigenvalue weighted by Gasteiger charge is 2.44. The van der Waals surface area contributed by atoms with E-state index in [0.717, 1.165) is 53.5 Å². The Morgan fingerprint density at radius 3 is 2.50 bits per heavy atom. The van der Waals surface area contributed by atoms with Crippen LogP contribution in [0.2, 0.25) is 0 Å². The number of rotatable bonds is 12. The van der Waals surface area contributed by atoms with Crippen LogP contribution in [0.4, 0.5) is 17.1 Å². The van der Waals surface area contributed by atoms with Gasteiger partial charge in [-0.2, -0.15) is 4.58 Å². The van der Waals surface area contributed by atoms with E-state index in [1.165, 1.54) is 17.0 Å². The van der Waals surface area contributed by atoms with Gasteiger partial charge in [0.05, 0.1) is 5.41 Å². The number of allylic oxidation sites excluding steroid dienone is 1. The molecule has 4 aromatic rings. The van der Waals surface area contributed by atoms with Crippen LogP contribution in [0.1, 0.15) is 50.7 Å². The molecule has 0 saturated carbocycles. The van der Waals surface area contributed by atoms with Crippen LogP contribution in [0.3, 0.4) is 0 Å². The Labute approximate surface area is 248 Å². The van der Waals surface area contributed by atoms with Gasteiger partial charge in [0.15, 0.2) is 5.71 Å². The van der Waals surface area contributed by atoms with Gasteiger partial charge in [-0.25, -0.2) is 0 Å². The summed E-state index contributed by atoms with van der Waals surface area (Å²) in [6, 6.07) is 28.7. The fourth-order valence-electron chi connectivity index (χ4n) is 5.84. The SMILES string of the molecule is CC1(C)C(/C=C/c2c(O)ccc3ccccc23)=[N+](CCCCCC(=O)NCCN)c2ccc(Nc3ccccc3)cc21. The summed E-state index contributed by atoms with van der Waals surface area (Å²) in [5.74, 6) is 0.337. The summed E-state index contributed by atoms with van der Waals surface area (Å²) in [6.07, 6.45) is 7.51. The smallest absolute Gasteiger partial charge is 0.220 e. The number of hydrogen-bond acceptors (Lipinski definition) is 4. The summed E-state index contributed by atoms with van der Waals surface area (Å²) >= 11 is 0. The van der Waals surface area contributed by atoms with Crippen molar-refractivity contribution in [2.75, 3.05) is 25.0 Å². The van der Waals surface area contributed by atoms with Gasteiger partial charge in [-0.05, 0) is 73.9 Å². The highest BCUT2D eigenvalue weighted by atomic mass is 16.3. The molecule has 0 bridgehead atoms. The third kappa shape index (κ3) is 6.39. The third-order valence-electron chi connectivity index (χ3n) is 8.06. The Hall–Kier alpha value is -4.42. The molecule has 0 aromatic heterocycles. The molecule has 1 amide bonds. The van der Waals surface area contributed by atoms with Gasteiger partial charge in [-0.3, -0.25) is 4.79 Å². The molecule has 0 saturated heterocycles. The minimum absolute atomic E-state index is 0.0663. The molecular weight excluding hydrogens is 520 g/mol. The minimum Gasteiger partial charge on any atom is -0.507 e. The molecule has 1 aliphatic rings. The Kier molecular flexibility index (Phi) is 9.03. The van der Waals surface area contributed by atoms with Gasteiger partial charge in [0.2, 0.25) is 11.6 Å². The van der Waals surface area contributed by atoms with E-state index in [1.807, 2.05) is 36.4 Å². The number of unbranched alkanes of at least 4 members (excludes halogenated alkanes) is 2. The highest BCUT2D eigenvalue weighted by Crippen LogP contribution is 2.42. The number of phenolic OH excluding ortho intramolecular Hbond substituents is 1. The van der Waals surface area contributed by atoms with Gasteiger partial charge in [-0.15, -0.1) is 0 Å². The second kappa shape index (κ2) is 13.0. The average molecular weight is 562 g/mol. The maximum atomic E-state index is 12.0. The van der Waals surface area contributed by atoms with Crippen molar-refractivity contribution in [2.24, 2.45) is 5.73 Å². The third-order valence-corrected chi connectivity index (χ3v) is 8.06. The first-order valence-electron chi connectivity index (χ1n) is 14.9. The molecule has 1 heterocycles. The van der Waals surface area contributed by atoms with Gasteiger partial charge >= 0.3 is 0 Å². The number of hydrogen-bond donors (Lipinski definition) is 4. The zero-order valence-electron chi connectivity index (χ0n) is 24.6. The van der Waals surface area contributed by atoms with E-state index in [1.54, 1.807) is 6.07 Å². The normalized spacial score (nSPS) is 14.0. The summed E-state index contributed by atoms with van der Waals surface area (Å²) in [6.45, 7) is 6.36. The number of para-hydroxylation sites is 1. The predicted octanol–water partition coefficient (Wildman–Crippen LogP) is 7.01. The number of nitrogens with two attached hydrogens (primary N) is 1. The van der Waals surface area contributed by atoms with E-state index in [-0.39, 0.29) is 17.1 Å². The number of anilines is 2. The molecule has 0 radical (unpaired) electrons. The molecular formula is C36H41N4O2+. The second-order valence-electron chi connectivity index (χ2n) is 11.4. The fraction of sp³-hybridized carbons (Fsp3) is 0.278. The van der Waals surface area contributed by atoms with Gasteiger partial charge in [0.1, 0.15) is 12.3 Å². The van der Waals surface area contributed by atoms with E-state index >= 15 is 0 Å². The standard InChI is InChI=1S/C36H40N4O2/c1-36(2)31-25-28(39-27-12-5-3-6-13-27)17-19-32(31)40(24-10-4-7-15-35(42)38-23-22-37)34(36)21-18-30-29-14-9-8-11-26(29)16-20-33(30)41/h3,5-6,8-9,11-14,16-21,25,39H,4,7,10,15,22-24,37H2,1-2H3,(H,38,42)/p+1. The van der Waals surface area contributed by atoms with E-state index in [2.05, 4.69) is 83.7 Å². The zero-order chi connectivity index (χ0) is 29.5. The molecule has 0 atom stereocenters. The maximum Gasteiger partial charge on any atom is 0.220 e. The van der Waals surface area contributed by atoms with Crippen molar-refractivity contribution in [3.05, 3.63) is 102 Å².